The van der Waals surface area contributed by atoms with Gasteiger partial charge in [-0.25, -0.2) is 0 Å². The monoisotopic (exact) mass is 640 g/mol. The molecule has 3 aromatic carbocycles. The van der Waals surface area contributed by atoms with Crippen LogP contribution in [0.2, 0.25) is 5.04 Å². The Morgan fingerprint density at radius 1 is 0.868 bits per heavy atom. The van der Waals surface area contributed by atoms with Crippen molar-refractivity contribution in [1.82, 2.24) is 0 Å². The Balaban J connectivity index is 1.92. The second-order valence-corrected chi connectivity index (χ2v) is 16.6. The molecule has 0 aliphatic heterocycles. The fourth-order valence-corrected chi connectivity index (χ4v) is 9.93. The number of rotatable bonds is 12. The first-order valence-electron chi connectivity index (χ1n) is 13.1. The molecule has 202 valence electrons. The molecule has 0 heterocycles. The number of ether oxygens (including phenoxy) is 2. The van der Waals surface area contributed by atoms with Crippen molar-refractivity contribution in [2.75, 3.05) is 13.7 Å². The Bertz CT molecular complexity index is 1160. The smallest absolute Gasteiger partial charge is 0.261 e. The number of allylic oxidation sites excluding steroid dienone is 2. The first kappa shape index (κ1) is 30.3. The minimum absolute atomic E-state index is 0.0720. The van der Waals surface area contributed by atoms with Crippen LogP contribution in [-0.4, -0.2) is 27.6 Å². The van der Waals surface area contributed by atoms with Gasteiger partial charge in [0.05, 0.1) is 19.3 Å². The van der Waals surface area contributed by atoms with Gasteiger partial charge in [-0.1, -0.05) is 100 Å². The van der Waals surface area contributed by atoms with Crippen LogP contribution in [0.15, 0.2) is 107 Å². The summed E-state index contributed by atoms with van der Waals surface area (Å²) in [6, 6.07) is 29.6. The lowest BCUT2D eigenvalue weighted by molar-refractivity contribution is -0.0290. The van der Waals surface area contributed by atoms with Crippen molar-refractivity contribution in [2.24, 2.45) is 0 Å². The summed E-state index contributed by atoms with van der Waals surface area (Å²) in [5.74, 6) is 0.840. The summed E-state index contributed by atoms with van der Waals surface area (Å²) in [6.07, 6.45) is 2.83. The van der Waals surface area contributed by atoms with Crippen LogP contribution in [0.1, 0.15) is 46.6 Å². The molecule has 0 aliphatic rings. The van der Waals surface area contributed by atoms with E-state index in [0.717, 1.165) is 26.9 Å². The van der Waals surface area contributed by atoms with E-state index < -0.39 is 13.9 Å². The van der Waals surface area contributed by atoms with Crippen molar-refractivity contribution in [3.63, 3.8) is 0 Å². The van der Waals surface area contributed by atoms with Gasteiger partial charge in [-0.2, -0.15) is 0 Å². The number of hydrogen-bond acceptors (Lipinski definition) is 3. The predicted octanol–water partition coefficient (Wildman–Crippen LogP) is 7.83. The number of methoxy groups -OCH3 is 1. The molecule has 3 aromatic rings. The largest absolute Gasteiger partial charge is 0.497 e. The minimum Gasteiger partial charge on any atom is -0.497 e. The minimum atomic E-state index is -2.62. The Labute approximate surface area is 244 Å². The van der Waals surface area contributed by atoms with Crippen LogP contribution in [0.5, 0.6) is 5.75 Å². The van der Waals surface area contributed by atoms with Crippen molar-refractivity contribution in [2.45, 2.75) is 58.3 Å². The van der Waals surface area contributed by atoms with Crippen LogP contribution in [0.4, 0.5) is 0 Å². The second-order valence-electron chi connectivity index (χ2n) is 10.9. The summed E-state index contributed by atoms with van der Waals surface area (Å²) < 4.78 is 20.1. The molecule has 0 saturated heterocycles. The van der Waals surface area contributed by atoms with Crippen LogP contribution in [0.3, 0.4) is 0 Å². The maximum atomic E-state index is 7.19. The van der Waals surface area contributed by atoms with Gasteiger partial charge in [0.25, 0.3) is 8.32 Å². The van der Waals surface area contributed by atoms with Crippen LogP contribution in [0, 0.1) is 0 Å². The maximum Gasteiger partial charge on any atom is 0.261 e. The standard InChI is InChI=1S/C33H41IO3Si/c1-26(24-27(2)34)33(6,36-25-28-18-20-29(35-7)21-19-28)22-23-37-38(32(3,4)5,30-14-10-8-11-15-30)31-16-12-9-13-17-31/h8-21,24H,2,22-23,25H2,1,3-7H3/b26-24+/t33-/m1/s1. The van der Waals surface area contributed by atoms with Gasteiger partial charge in [-0.3, -0.25) is 0 Å². The lowest BCUT2D eigenvalue weighted by Gasteiger charge is -2.44. The molecule has 0 unspecified atom stereocenters. The van der Waals surface area contributed by atoms with E-state index in [0.29, 0.717) is 13.2 Å². The quantitative estimate of drug-likeness (QED) is 0.115. The summed E-state index contributed by atoms with van der Waals surface area (Å²) in [4.78, 5) is 0. The average molecular weight is 641 g/mol. The van der Waals surface area contributed by atoms with Crippen LogP contribution < -0.4 is 15.1 Å². The Hall–Kier alpha value is -2.19. The van der Waals surface area contributed by atoms with Crippen molar-refractivity contribution in [1.29, 1.82) is 0 Å². The Kier molecular flexibility index (Phi) is 10.6. The first-order valence-corrected chi connectivity index (χ1v) is 16.1. The molecule has 0 aliphatic carbocycles. The van der Waals surface area contributed by atoms with E-state index in [1.54, 1.807) is 7.11 Å². The molecule has 0 bridgehead atoms. The van der Waals surface area contributed by atoms with Crippen LogP contribution in [-0.2, 0) is 15.8 Å². The normalized spacial score (nSPS) is 14.1. The summed E-state index contributed by atoms with van der Waals surface area (Å²) in [5.41, 5.74) is 1.72. The van der Waals surface area contributed by atoms with Gasteiger partial charge in [0.1, 0.15) is 5.75 Å². The van der Waals surface area contributed by atoms with E-state index in [1.165, 1.54) is 10.4 Å². The molecule has 0 fully saturated rings. The third-order valence-corrected chi connectivity index (χ3v) is 12.6. The van der Waals surface area contributed by atoms with Crippen LogP contribution in [0.25, 0.3) is 0 Å². The molecule has 38 heavy (non-hydrogen) atoms. The zero-order valence-electron chi connectivity index (χ0n) is 23.6. The van der Waals surface area contributed by atoms with Gasteiger partial charge in [-0.15, -0.1) is 0 Å². The highest BCUT2D eigenvalue weighted by Crippen LogP contribution is 2.38. The topological polar surface area (TPSA) is 27.7 Å². The summed E-state index contributed by atoms with van der Waals surface area (Å²) >= 11 is 2.26. The van der Waals surface area contributed by atoms with Crippen molar-refractivity contribution >= 4 is 41.3 Å². The maximum absolute atomic E-state index is 7.19. The van der Waals surface area contributed by atoms with Gasteiger partial charge in [-0.05, 0) is 81.2 Å². The fourth-order valence-electron chi connectivity index (χ4n) is 4.90. The van der Waals surface area contributed by atoms with E-state index in [1.807, 2.05) is 12.1 Å². The Morgan fingerprint density at radius 2 is 1.39 bits per heavy atom. The number of benzene rings is 3. The van der Waals surface area contributed by atoms with E-state index in [9.17, 15) is 0 Å². The highest BCUT2D eigenvalue weighted by molar-refractivity contribution is 14.1. The van der Waals surface area contributed by atoms with Gasteiger partial charge in [0.2, 0.25) is 0 Å². The summed E-state index contributed by atoms with van der Waals surface area (Å²) in [5, 5.41) is 2.50. The molecule has 0 radical (unpaired) electrons. The van der Waals surface area contributed by atoms with E-state index in [4.69, 9.17) is 13.9 Å². The lowest BCUT2D eigenvalue weighted by atomic mass is 9.93. The van der Waals surface area contributed by atoms with Gasteiger partial charge in [0, 0.05) is 16.6 Å². The van der Waals surface area contributed by atoms with Gasteiger partial charge < -0.3 is 13.9 Å². The zero-order valence-corrected chi connectivity index (χ0v) is 26.7. The van der Waals surface area contributed by atoms with E-state index in [2.05, 4.69) is 143 Å². The summed E-state index contributed by atoms with van der Waals surface area (Å²) in [7, 11) is -0.941. The zero-order chi connectivity index (χ0) is 27.8. The number of hydrogen-bond donors (Lipinski definition) is 0. The highest BCUT2D eigenvalue weighted by Gasteiger charge is 2.50. The average Bonchev–Trinajstić information content (AvgIpc) is 2.90. The molecule has 3 nitrogen and oxygen atoms in total. The molecule has 0 amide bonds. The molecule has 5 heteroatoms. The first-order chi connectivity index (χ1) is 18.0. The number of halogens is 1. The molecule has 0 spiro atoms. The third kappa shape index (κ3) is 7.26. The SMILES string of the molecule is C=C(I)/C=C(\C)[C@@](C)(CCO[Si](c1ccccc1)(c1ccccc1)C(C)(C)C)OCc1ccc(OC)cc1. The van der Waals surface area contributed by atoms with Crippen molar-refractivity contribution in [3.05, 3.63) is 112 Å². The predicted molar refractivity (Wildman–Crippen MR) is 171 cm³/mol. The molecule has 3 rings (SSSR count). The van der Waals surface area contributed by atoms with Crippen LogP contribution >= 0.6 is 22.6 Å². The molecular formula is C33H41IO3Si. The molecule has 0 saturated carbocycles. The lowest BCUT2D eigenvalue weighted by Crippen LogP contribution is -2.66. The third-order valence-electron chi connectivity index (χ3n) is 7.24. The highest BCUT2D eigenvalue weighted by atomic mass is 127. The summed E-state index contributed by atoms with van der Waals surface area (Å²) in [6.45, 7) is 16.4. The molecule has 1 atom stereocenters. The fraction of sp³-hybridized carbons (Fsp3) is 0.333. The van der Waals surface area contributed by atoms with Gasteiger partial charge >= 0.3 is 0 Å². The van der Waals surface area contributed by atoms with Crippen molar-refractivity contribution in [3.8, 4) is 5.75 Å². The second kappa shape index (κ2) is 13.2. The van der Waals surface area contributed by atoms with E-state index in [-0.39, 0.29) is 5.04 Å². The molecule has 0 aromatic heterocycles. The Morgan fingerprint density at radius 3 is 1.84 bits per heavy atom. The molecular weight excluding hydrogens is 599 g/mol. The van der Waals surface area contributed by atoms with Gasteiger partial charge in [0.15, 0.2) is 0 Å². The molecule has 0 N–H and O–H groups in total. The van der Waals surface area contributed by atoms with E-state index >= 15 is 0 Å². The van der Waals surface area contributed by atoms with Crippen molar-refractivity contribution < 1.29 is 13.9 Å².